The lowest BCUT2D eigenvalue weighted by Crippen LogP contribution is -2.45. The van der Waals surface area contributed by atoms with E-state index < -0.39 is 0 Å². The van der Waals surface area contributed by atoms with Crippen LogP contribution >= 0.6 is 0 Å². The van der Waals surface area contributed by atoms with Gasteiger partial charge >= 0.3 is 0 Å². The average Bonchev–Trinajstić information content (AvgIpc) is 2.24. The Morgan fingerprint density at radius 1 is 1.31 bits per heavy atom. The number of carbonyl (C=O) groups excluding carboxylic acids is 2. The van der Waals surface area contributed by atoms with E-state index >= 15 is 0 Å². The third kappa shape index (κ3) is 7.19. The summed E-state index contributed by atoms with van der Waals surface area (Å²) in [6, 6.07) is -0.262. The number of aliphatic hydroxyl groups excluding tert-OH is 1. The molecule has 6 nitrogen and oxygen atoms in total. The second-order valence-electron chi connectivity index (χ2n) is 4.06. The number of nitrogens with two attached hydrogens (primary N) is 1. The first-order chi connectivity index (χ1) is 7.49. The summed E-state index contributed by atoms with van der Waals surface area (Å²) in [5.41, 5.74) is 5.07. The zero-order valence-electron chi connectivity index (χ0n) is 9.82. The summed E-state index contributed by atoms with van der Waals surface area (Å²) in [6.07, 6.45) is 0.701. The van der Waals surface area contributed by atoms with Crippen LogP contribution in [0.25, 0.3) is 0 Å². The van der Waals surface area contributed by atoms with Gasteiger partial charge in [-0.1, -0.05) is 13.8 Å². The number of amides is 2. The van der Waals surface area contributed by atoms with Crippen LogP contribution in [0.3, 0.4) is 0 Å². The zero-order chi connectivity index (χ0) is 12.6. The van der Waals surface area contributed by atoms with Gasteiger partial charge in [0.1, 0.15) is 0 Å². The van der Waals surface area contributed by atoms with Crippen LogP contribution in [0, 0.1) is 5.92 Å². The number of aliphatic hydroxyl groups is 1. The molecule has 0 aliphatic rings. The Balaban J connectivity index is 3.87. The van der Waals surface area contributed by atoms with Gasteiger partial charge < -0.3 is 21.5 Å². The minimum atomic E-state index is -0.375. The molecular weight excluding hydrogens is 210 g/mol. The van der Waals surface area contributed by atoms with Gasteiger partial charge in [0.15, 0.2) is 0 Å². The predicted octanol–water partition coefficient (Wildman–Crippen LogP) is -1.42. The van der Waals surface area contributed by atoms with Crippen molar-refractivity contribution < 1.29 is 14.7 Å². The van der Waals surface area contributed by atoms with Crippen molar-refractivity contribution in [3.05, 3.63) is 0 Å². The van der Waals surface area contributed by atoms with Gasteiger partial charge in [0.2, 0.25) is 11.8 Å². The molecule has 1 unspecified atom stereocenters. The van der Waals surface area contributed by atoms with E-state index in [-0.39, 0.29) is 37.6 Å². The minimum Gasteiger partial charge on any atom is -0.394 e. The molecule has 0 saturated carbocycles. The Labute approximate surface area is 95.6 Å². The SMILES string of the molecule is CC(C)CC(CO)NC(=O)CNC(=O)CN. The molecule has 0 aliphatic carbocycles. The fourth-order valence-electron chi connectivity index (χ4n) is 1.28. The topological polar surface area (TPSA) is 104 Å². The van der Waals surface area contributed by atoms with Crippen LogP contribution in [0.15, 0.2) is 0 Å². The lowest BCUT2D eigenvalue weighted by Gasteiger charge is -2.18. The molecule has 6 heteroatoms. The first-order valence-electron chi connectivity index (χ1n) is 5.36. The monoisotopic (exact) mass is 231 g/mol. The molecule has 0 bridgehead atoms. The standard InChI is InChI=1S/C10H21N3O3/c1-7(2)3-8(6-14)13-10(16)5-12-9(15)4-11/h7-8,14H,3-6,11H2,1-2H3,(H,12,15)(H,13,16). The molecule has 0 aromatic heterocycles. The number of nitrogens with one attached hydrogen (secondary N) is 2. The molecule has 94 valence electrons. The van der Waals surface area contributed by atoms with E-state index in [1.165, 1.54) is 0 Å². The van der Waals surface area contributed by atoms with Crippen molar-refractivity contribution in [2.45, 2.75) is 26.3 Å². The van der Waals surface area contributed by atoms with E-state index in [0.29, 0.717) is 12.3 Å². The van der Waals surface area contributed by atoms with Crippen LogP contribution in [-0.2, 0) is 9.59 Å². The van der Waals surface area contributed by atoms with Crippen LogP contribution < -0.4 is 16.4 Å². The summed E-state index contributed by atoms with van der Waals surface area (Å²) >= 11 is 0. The predicted molar refractivity (Wildman–Crippen MR) is 60.5 cm³/mol. The summed E-state index contributed by atoms with van der Waals surface area (Å²) in [7, 11) is 0. The molecule has 1 atom stereocenters. The van der Waals surface area contributed by atoms with Crippen LogP contribution in [0.5, 0.6) is 0 Å². The molecule has 2 amide bonds. The Bertz CT molecular complexity index is 231. The van der Waals surface area contributed by atoms with E-state index in [4.69, 9.17) is 10.8 Å². The summed E-state index contributed by atoms with van der Waals surface area (Å²) in [6.45, 7) is 3.66. The van der Waals surface area contributed by atoms with Gasteiger partial charge in [0.25, 0.3) is 0 Å². The molecule has 0 heterocycles. The van der Waals surface area contributed by atoms with Crippen LogP contribution in [0.2, 0.25) is 0 Å². The van der Waals surface area contributed by atoms with E-state index in [1.54, 1.807) is 0 Å². The Kier molecular flexibility index (Phi) is 7.49. The highest BCUT2D eigenvalue weighted by molar-refractivity contribution is 5.85. The summed E-state index contributed by atoms with van der Waals surface area (Å²) in [4.78, 5) is 22.1. The largest absolute Gasteiger partial charge is 0.394 e. The molecule has 0 rings (SSSR count). The van der Waals surface area contributed by atoms with Crippen LogP contribution in [-0.4, -0.2) is 42.7 Å². The molecule has 0 aromatic carbocycles. The molecule has 0 spiro atoms. The molecule has 5 N–H and O–H groups in total. The lowest BCUT2D eigenvalue weighted by molar-refractivity contribution is -0.126. The lowest BCUT2D eigenvalue weighted by atomic mass is 10.0. The number of hydrogen-bond donors (Lipinski definition) is 4. The molecule has 16 heavy (non-hydrogen) atoms. The first-order valence-corrected chi connectivity index (χ1v) is 5.36. The summed E-state index contributed by atoms with van der Waals surface area (Å²) in [5, 5.41) is 14.0. The Morgan fingerprint density at radius 3 is 2.38 bits per heavy atom. The number of rotatable bonds is 7. The molecule has 0 fully saturated rings. The maximum absolute atomic E-state index is 11.3. The van der Waals surface area contributed by atoms with Gasteiger partial charge in [-0.05, 0) is 12.3 Å². The highest BCUT2D eigenvalue weighted by atomic mass is 16.3. The maximum atomic E-state index is 11.3. The highest BCUT2D eigenvalue weighted by Gasteiger charge is 2.13. The van der Waals surface area contributed by atoms with Crippen LogP contribution in [0.1, 0.15) is 20.3 Å². The molecule has 0 radical (unpaired) electrons. The summed E-state index contributed by atoms with van der Waals surface area (Å²) < 4.78 is 0. The quantitative estimate of drug-likeness (QED) is 0.432. The number of carbonyl (C=O) groups is 2. The second-order valence-corrected chi connectivity index (χ2v) is 4.06. The maximum Gasteiger partial charge on any atom is 0.239 e. The molecular formula is C10H21N3O3. The van der Waals surface area contributed by atoms with Crippen molar-refractivity contribution >= 4 is 11.8 Å². The van der Waals surface area contributed by atoms with Crippen molar-refractivity contribution in [2.75, 3.05) is 19.7 Å². The molecule has 0 aromatic rings. The first kappa shape index (κ1) is 14.9. The smallest absolute Gasteiger partial charge is 0.239 e. The molecule has 0 aliphatic heterocycles. The Morgan fingerprint density at radius 2 is 1.94 bits per heavy atom. The van der Waals surface area contributed by atoms with E-state index in [0.717, 1.165) is 0 Å². The average molecular weight is 231 g/mol. The van der Waals surface area contributed by atoms with Crippen molar-refractivity contribution in [2.24, 2.45) is 11.7 Å². The van der Waals surface area contributed by atoms with E-state index in [1.807, 2.05) is 13.8 Å². The number of hydrogen-bond acceptors (Lipinski definition) is 4. The van der Waals surface area contributed by atoms with Crippen molar-refractivity contribution in [3.63, 3.8) is 0 Å². The van der Waals surface area contributed by atoms with Gasteiger partial charge in [-0.3, -0.25) is 9.59 Å². The molecule has 0 saturated heterocycles. The van der Waals surface area contributed by atoms with Gasteiger partial charge in [-0.15, -0.1) is 0 Å². The fourth-order valence-corrected chi connectivity index (χ4v) is 1.28. The van der Waals surface area contributed by atoms with E-state index in [2.05, 4.69) is 10.6 Å². The Hall–Kier alpha value is -1.14. The van der Waals surface area contributed by atoms with Gasteiger partial charge in [0.05, 0.1) is 25.7 Å². The summed E-state index contributed by atoms with van der Waals surface area (Å²) in [5.74, 6) is -0.308. The van der Waals surface area contributed by atoms with Crippen molar-refractivity contribution in [1.29, 1.82) is 0 Å². The highest BCUT2D eigenvalue weighted by Crippen LogP contribution is 2.03. The van der Waals surface area contributed by atoms with E-state index in [9.17, 15) is 9.59 Å². The third-order valence-electron chi connectivity index (χ3n) is 1.97. The zero-order valence-corrected chi connectivity index (χ0v) is 9.82. The normalized spacial score (nSPS) is 12.3. The van der Waals surface area contributed by atoms with Crippen molar-refractivity contribution in [1.82, 2.24) is 10.6 Å². The van der Waals surface area contributed by atoms with Gasteiger partial charge in [0, 0.05) is 0 Å². The van der Waals surface area contributed by atoms with Gasteiger partial charge in [-0.25, -0.2) is 0 Å². The minimum absolute atomic E-state index is 0.102. The van der Waals surface area contributed by atoms with Crippen LogP contribution in [0.4, 0.5) is 0 Å². The van der Waals surface area contributed by atoms with Gasteiger partial charge in [-0.2, -0.15) is 0 Å². The third-order valence-corrected chi connectivity index (χ3v) is 1.97. The fraction of sp³-hybridized carbons (Fsp3) is 0.800. The van der Waals surface area contributed by atoms with Crippen molar-refractivity contribution in [3.8, 4) is 0 Å². The second kappa shape index (κ2) is 8.06.